The predicted molar refractivity (Wildman–Crippen MR) is 91.9 cm³/mol. The van der Waals surface area contributed by atoms with Crippen molar-refractivity contribution in [3.63, 3.8) is 0 Å². The molecule has 0 bridgehead atoms. The van der Waals surface area contributed by atoms with E-state index in [0.717, 1.165) is 54.2 Å². The molecule has 114 valence electrons. The normalized spacial score (nSPS) is 15.9. The first-order chi connectivity index (χ1) is 10.7. The quantitative estimate of drug-likeness (QED) is 0.725. The Kier molecular flexibility index (Phi) is 3.60. The van der Waals surface area contributed by atoms with Crippen LogP contribution in [0.5, 0.6) is 0 Å². The maximum Gasteiger partial charge on any atom is 0.271 e. The monoisotopic (exact) mass is 331 g/mol. The van der Waals surface area contributed by atoms with Crippen molar-refractivity contribution in [2.24, 2.45) is 0 Å². The molecule has 0 atom stereocenters. The average Bonchev–Trinajstić information content (AvgIpc) is 3.09. The smallest absolute Gasteiger partial charge is 0.271 e. The van der Waals surface area contributed by atoms with E-state index in [1.54, 1.807) is 11.3 Å². The summed E-state index contributed by atoms with van der Waals surface area (Å²) in [6, 6.07) is 4.27. The molecule has 0 fully saturated rings. The van der Waals surface area contributed by atoms with Crippen LogP contribution in [0.4, 0.5) is 0 Å². The lowest BCUT2D eigenvalue weighted by atomic mass is 10.3. The van der Waals surface area contributed by atoms with Gasteiger partial charge in [-0.1, -0.05) is 6.07 Å². The van der Waals surface area contributed by atoms with Crippen LogP contribution in [0, 0.1) is 6.92 Å². The van der Waals surface area contributed by atoms with Crippen LogP contribution >= 0.6 is 22.7 Å². The van der Waals surface area contributed by atoms with Crippen LogP contribution in [-0.2, 0) is 19.5 Å². The number of nitrogens with zero attached hydrogens (tertiary/aromatic N) is 3. The van der Waals surface area contributed by atoms with Crippen molar-refractivity contribution < 1.29 is 0 Å². The second-order valence-electron chi connectivity index (χ2n) is 5.69. The minimum Gasteiger partial charge on any atom is -0.296 e. The fourth-order valence-corrected chi connectivity index (χ4v) is 4.65. The van der Waals surface area contributed by atoms with Gasteiger partial charge in [-0.3, -0.25) is 14.3 Å². The number of aromatic nitrogens is 2. The Morgan fingerprint density at radius 2 is 2.18 bits per heavy atom. The van der Waals surface area contributed by atoms with E-state index in [1.165, 1.54) is 16.2 Å². The second kappa shape index (κ2) is 5.61. The molecular formula is C16H17N3OS2. The number of hydrogen-bond acceptors (Lipinski definition) is 5. The molecule has 1 aliphatic heterocycles. The van der Waals surface area contributed by atoms with E-state index >= 15 is 0 Å². The topological polar surface area (TPSA) is 38.1 Å². The van der Waals surface area contributed by atoms with Crippen LogP contribution in [0.15, 0.2) is 27.7 Å². The van der Waals surface area contributed by atoms with Crippen LogP contribution in [0.25, 0.3) is 10.2 Å². The molecule has 0 saturated heterocycles. The molecule has 6 heteroatoms. The summed E-state index contributed by atoms with van der Waals surface area (Å²) in [7, 11) is 0. The van der Waals surface area contributed by atoms with Crippen LogP contribution in [0.1, 0.15) is 16.3 Å². The summed E-state index contributed by atoms with van der Waals surface area (Å²) in [6.45, 7) is 5.59. The van der Waals surface area contributed by atoms with Gasteiger partial charge in [-0.05, 0) is 29.3 Å². The fourth-order valence-electron chi connectivity index (χ4n) is 2.97. The molecule has 0 aliphatic carbocycles. The lowest BCUT2D eigenvalue weighted by Crippen LogP contribution is -2.28. The molecule has 4 nitrogen and oxygen atoms in total. The van der Waals surface area contributed by atoms with E-state index < -0.39 is 0 Å². The van der Waals surface area contributed by atoms with Gasteiger partial charge in [0.15, 0.2) is 0 Å². The van der Waals surface area contributed by atoms with Gasteiger partial charge in [-0.2, -0.15) is 0 Å². The van der Waals surface area contributed by atoms with E-state index in [2.05, 4.69) is 22.4 Å². The average molecular weight is 331 g/mol. The molecule has 3 aromatic rings. The maximum absolute atomic E-state index is 12.7. The zero-order valence-electron chi connectivity index (χ0n) is 12.4. The Bertz CT molecular complexity index is 864. The first kappa shape index (κ1) is 14.1. The SMILES string of the molecule is Cc1csc2c(=O)n3c(nc12)CCN(Cc1cccs1)CC3. The molecule has 3 aromatic heterocycles. The summed E-state index contributed by atoms with van der Waals surface area (Å²) in [5, 5.41) is 4.15. The number of aryl methyl sites for hydroxylation is 1. The lowest BCUT2D eigenvalue weighted by molar-refractivity contribution is 0.273. The van der Waals surface area contributed by atoms with Crippen molar-refractivity contribution in [1.29, 1.82) is 0 Å². The number of thiophene rings is 2. The zero-order chi connectivity index (χ0) is 15.1. The van der Waals surface area contributed by atoms with E-state index in [4.69, 9.17) is 4.98 Å². The first-order valence-corrected chi connectivity index (χ1v) is 9.20. The summed E-state index contributed by atoms with van der Waals surface area (Å²) in [6.07, 6.45) is 0.839. The lowest BCUT2D eigenvalue weighted by Gasteiger charge is -2.17. The van der Waals surface area contributed by atoms with E-state index in [1.807, 2.05) is 16.9 Å². The molecular weight excluding hydrogens is 314 g/mol. The second-order valence-corrected chi connectivity index (χ2v) is 7.60. The van der Waals surface area contributed by atoms with E-state index in [9.17, 15) is 4.79 Å². The number of rotatable bonds is 2. The Morgan fingerprint density at radius 1 is 1.27 bits per heavy atom. The summed E-state index contributed by atoms with van der Waals surface area (Å²) in [5.41, 5.74) is 2.14. The summed E-state index contributed by atoms with van der Waals surface area (Å²) in [5.74, 6) is 0.938. The van der Waals surface area contributed by atoms with Gasteiger partial charge in [0.1, 0.15) is 10.5 Å². The van der Waals surface area contributed by atoms with Gasteiger partial charge in [-0.25, -0.2) is 4.98 Å². The molecule has 0 aromatic carbocycles. The van der Waals surface area contributed by atoms with Crippen LogP contribution < -0.4 is 5.56 Å². The fraction of sp³-hybridized carbons (Fsp3) is 0.375. The van der Waals surface area contributed by atoms with Crippen molar-refractivity contribution in [2.45, 2.75) is 26.4 Å². The third-order valence-electron chi connectivity index (χ3n) is 4.18. The molecule has 4 rings (SSSR count). The third kappa shape index (κ3) is 2.41. The highest BCUT2D eigenvalue weighted by atomic mass is 32.1. The summed E-state index contributed by atoms with van der Waals surface area (Å²) in [4.78, 5) is 21.3. The van der Waals surface area contributed by atoms with Crippen LogP contribution in [0.3, 0.4) is 0 Å². The van der Waals surface area contributed by atoms with Crippen molar-refractivity contribution >= 4 is 32.9 Å². The van der Waals surface area contributed by atoms with Gasteiger partial charge in [-0.15, -0.1) is 22.7 Å². The van der Waals surface area contributed by atoms with Gasteiger partial charge in [0, 0.05) is 37.5 Å². The molecule has 1 aliphatic rings. The standard InChI is InChI=1S/C16H17N3OS2/c1-11-10-22-15-14(11)17-13-4-5-18(6-7-19(13)16(15)20)9-12-3-2-8-21-12/h2-3,8,10H,4-7,9H2,1H3. The zero-order valence-corrected chi connectivity index (χ0v) is 14.0. The van der Waals surface area contributed by atoms with Crippen LogP contribution in [-0.4, -0.2) is 27.5 Å². The van der Waals surface area contributed by atoms with Gasteiger partial charge < -0.3 is 0 Å². The Morgan fingerprint density at radius 3 is 3.00 bits per heavy atom. The Labute approximate surface area is 136 Å². The number of hydrogen-bond donors (Lipinski definition) is 0. The van der Waals surface area contributed by atoms with E-state index in [-0.39, 0.29) is 5.56 Å². The van der Waals surface area contributed by atoms with Gasteiger partial charge in [0.25, 0.3) is 5.56 Å². The van der Waals surface area contributed by atoms with E-state index in [0.29, 0.717) is 0 Å². The summed E-state index contributed by atoms with van der Waals surface area (Å²) < 4.78 is 2.68. The van der Waals surface area contributed by atoms with Crippen LogP contribution in [0.2, 0.25) is 0 Å². The molecule has 0 N–H and O–H groups in total. The Hall–Kier alpha value is -1.50. The number of fused-ring (bicyclic) bond motifs is 2. The molecule has 4 heterocycles. The summed E-state index contributed by atoms with van der Waals surface area (Å²) >= 11 is 3.31. The maximum atomic E-state index is 12.7. The molecule has 0 spiro atoms. The van der Waals surface area contributed by atoms with Gasteiger partial charge in [0.05, 0.1) is 5.52 Å². The third-order valence-corrected chi connectivity index (χ3v) is 6.12. The molecule has 0 unspecified atom stereocenters. The largest absolute Gasteiger partial charge is 0.296 e. The molecule has 0 radical (unpaired) electrons. The first-order valence-electron chi connectivity index (χ1n) is 7.44. The highest BCUT2D eigenvalue weighted by Crippen LogP contribution is 2.22. The molecule has 0 amide bonds. The highest BCUT2D eigenvalue weighted by Gasteiger charge is 2.19. The van der Waals surface area contributed by atoms with Crippen molar-refractivity contribution in [3.8, 4) is 0 Å². The van der Waals surface area contributed by atoms with Crippen molar-refractivity contribution in [3.05, 3.63) is 49.5 Å². The minimum atomic E-state index is 0.135. The van der Waals surface area contributed by atoms with Gasteiger partial charge >= 0.3 is 0 Å². The molecule has 0 saturated carbocycles. The van der Waals surface area contributed by atoms with Crippen molar-refractivity contribution in [1.82, 2.24) is 14.5 Å². The van der Waals surface area contributed by atoms with Crippen molar-refractivity contribution in [2.75, 3.05) is 13.1 Å². The van der Waals surface area contributed by atoms with Gasteiger partial charge in [0.2, 0.25) is 0 Å². The predicted octanol–water partition coefficient (Wildman–Crippen LogP) is 2.89. The minimum absolute atomic E-state index is 0.135. The Balaban J connectivity index is 1.65. The molecule has 22 heavy (non-hydrogen) atoms. The highest BCUT2D eigenvalue weighted by molar-refractivity contribution is 7.17.